The second-order valence-corrected chi connectivity index (χ2v) is 8.15. The summed E-state index contributed by atoms with van der Waals surface area (Å²) in [4.78, 5) is 0. The Morgan fingerprint density at radius 3 is 2.55 bits per heavy atom. The molecule has 0 radical (unpaired) electrons. The Kier molecular flexibility index (Phi) is 5.86. The molecule has 0 fully saturated rings. The molecule has 1 aliphatic heterocycles. The van der Waals surface area contributed by atoms with Crippen LogP contribution in [-0.4, -0.2) is 7.11 Å². The van der Waals surface area contributed by atoms with Gasteiger partial charge in [0.05, 0.1) is 12.7 Å². The summed E-state index contributed by atoms with van der Waals surface area (Å²) in [6, 6.07) is 31.5. The monoisotopic (exact) mass is 433 g/mol. The molecule has 0 saturated heterocycles. The average Bonchev–Trinajstić information content (AvgIpc) is 2.88. The van der Waals surface area contributed by atoms with Crippen molar-refractivity contribution in [1.29, 1.82) is 0 Å². The predicted octanol–water partition coefficient (Wildman–Crippen LogP) is 7.65. The van der Waals surface area contributed by atoms with Crippen LogP contribution in [0.4, 0.5) is 5.69 Å². The van der Waals surface area contributed by atoms with Crippen molar-refractivity contribution >= 4 is 5.69 Å². The zero-order valence-electron chi connectivity index (χ0n) is 18.8. The first-order valence-corrected chi connectivity index (χ1v) is 11.2. The molecule has 0 saturated carbocycles. The Balaban J connectivity index is 1.56. The first-order valence-electron chi connectivity index (χ1n) is 11.2. The van der Waals surface area contributed by atoms with Crippen molar-refractivity contribution in [3.05, 3.63) is 115 Å². The van der Waals surface area contributed by atoms with Crippen LogP contribution in [0.2, 0.25) is 0 Å². The summed E-state index contributed by atoms with van der Waals surface area (Å²) in [6.07, 6.45) is 2.57. The number of methoxy groups -OCH3 is 1. The molecule has 3 nitrogen and oxygen atoms in total. The Morgan fingerprint density at radius 2 is 1.73 bits per heavy atom. The van der Waals surface area contributed by atoms with Crippen LogP contribution in [-0.2, 0) is 6.54 Å². The summed E-state index contributed by atoms with van der Waals surface area (Å²) in [7, 11) is 1.70. The van der Waals surface area contributed by atoms with Gasteiger partial charge in [-0.3, -0.25) is 0 Å². The fourth-order valence-corrected chi connectivity index (χ4v) is 4.49. The Bertz CT molecular complexity index is 1280. The zero-order chi connectivity index (χ0) is 22.6. The number of fused-ring (bicyclic) bond motifs is 3. The van der Waals surface area contributed by atoms with Gasteiger partial charge in [-0.1, -0.05) is 72.8 Å². The molecule has 1 N–H and O–H groups in total. The van der Waals surface area contributed by atoms with E-state index in [9.17, 15) is 0 Å². The van der Waals surface area contributed by atoms with Crippen molar-refractivity contribution in [1.82, 2.24) is 0 Å². The third kappa shape index (κ3) is 4.10. The van der Waals surface area contributed by atoms with Gasteiger partial charge in [-0.25, -0.2) is 0 Å². The van der Waals surface area contributed by atoms with Crippen molar-refractivity contribution in [2.45, 2.75) is 19.1 Å². The van der Waals surface area contributed by atoms with Crippen LogP contribution in [0.1, 0.15) is 23.7 Å². The van der Waals surface area contributed by atoms with Crippen LogP contribution in [0, 0.1) is 0 Å². The molecular weight excluding hydrogens is 406 g/mol. The van der Waals surface area contributed by atoms with Crippen molar-refractivity contribution in [2.75, 3.05) is 12.4 Å². The lowest BCUT2D eigenvalue weighted by molar-refractivity contribution is 0.205. The highest BCUT2D eigenvalue weighted by atomic mass is 16.5. The van der Waals surface area contributed by atoms with Crippen molar-refractivity contribution < 1.29 is 9.47 Å². The molecule has 0 amide bonds. The minimum atomic E-state index is -0.0819. The molecule has 0 bridgehead atoms. The smallest absolute Gasteiger partial charge is 0.131 e. The van der Waals surface area contributed by atoms with Crippen LogP contribution in [0.15, 0.2) is 104 Å². The summed E-state index contributed by atoms with van der Waals surface area (Å²) in [5.74, 6) is 1.68. The number of ether oxygens (including phenoxy) is 2. The SMILES string of the molecule is C=CCC1Oc2cccc(OC)c2-c2ccc(-c3ccccc3NCc3ccccc3)cc21. The first-order chi connectivity index (χ1) is 16.3. The van der Waals surface area contributed by atoms with Crippen molar-refractivity contribution in [2.24, 2.45) is 0 Å². The second kappa shape index (κ2) is 9.25. The molecule has 0 aromatic heterocycles. The maximum Gasteiger partial charge on any atom is 0.131 e. The molecule has 1 heterocycles. The van der Waals surface area contributed by atoms with Crippen molar-refractivity contribution in [3.8, 4) is 33.8 Å². The van der Waals surface area contributed by atoms with Gasteiger partial charge in [0, 0.05) is 29.8 Å². The van der Waals surface area contributed by atoms with Crippen LogP contribution in [0.25, 0.3) is 22.3 Å². The zero-order valence-corrected chi connectivity index (χ0v) is 18.8. The summed E-state index contributed by atoms with van der Waals surface area (Å²) < 4.78 is 12.1. The first kappa shape index (κ1) is 20.9. The second-order valence-electron chi connectivity index (χ2n) is 8.15. The number of rotatable bonds is 7. The average molecular weight is 434 g/mol. The number of hydrogen-bond donors (Lipinski definition) is 1. The topological polar surface area (TPSA) is 30.5 Å². The number of anilines is 1. The van der Waals surface area contributed by atoms with Gasteiger partial charge in [0.15, 0.2) is 0 Å². The minimum Gasteiger partial charge on any atom is -0.496 e. The third-order valence-corrected chi connectivity index (χ3v) is 6.09. The summed E-state index contributed by atoms with van der Waals surface area (Å²) in [6.45, 7) is 4.72. The molecule has 5 rings (SSSR count). The van der Waals surface area contributed by atoms with E-state index in [1.54, 1.807) is 7.11 Å². The third-order valence-electron chi connectivity index (χ3n) is 6.09. The van der Waals surface area contributed by atoms with E-state index in [0.29, 0.717) is 0 Å². The van der Waals surface area contributed by atoms with Crippen LogP contribution in [0.5, 0.6) is 11.5 Å². The lowest BCUT2D eigenvalue weighted by Crippen LogP contribution is -2.14. The normalized spacial score (nSPS) is 13.9. The van der Waals surface area contributed by atoms with E-state index in [-0.39, 0.29) is 6.10 Å². The standard InChI is InChI=1S/C30H27NO2/c1-3-10-27-25-19-22(17-18-24(25)30-28(32-2)15-9-16-29(30)33-27)23-13-7-8-14-26(23)31-20-21-11-5-4-6-12-21/h3-9,11-19,27,31H,1,10,20H2,2H3. The van der Waals surface area contributed by atoms with Crippen molar-refractivity contribution in [3.63, 3.8) is 0 Å². The van der Waals surface area contributed by atoms with E-state index in [4.69, 9.17) is 9.47 Å². The lowest BCUT2D eigenvalue weighted by Gasteiger charge is -2.30. The van der Waals surface area contributed by atoms with E-state index in [1.165, 1.54) is 11.1 Å². The molecule has 4 aromatic rings. The van der Waals surface area contributed by atoms with Gasteiger partial charge in [0.25, 0.3) is 0 Å². The predicted molar refractivity (Wildman–Crippen MR) is 136 cm³/mol. The van der Waals surface area contributed by atoms with Gasteiger partial charge in [-0.05, 0) is 41.0 Å². The molecule has 3 heteroatoms. The van der Waals surface area contributed by atoms with Gasteiger partial charge < -0.3 is 14.8 Å². The van der Waals surface area contributed by atoms with Gasteiger partial charge >= 0.3 is 0 Å². The molecule has 0 aliphatic carbocycles. The highest BCUT2D eigenvalue weighted by Crippen LogP contribution is 2.49. The van der Waals surface area contributed by atoms with Crippen LogP contribution < -0.4 is 14.8 Å². The quantitative estimate of drug-likeness (QED) is 0.304. The highest BCUT2D eigenvalue weighted by molar-refractivity contribution is 5.85. The molecular formula is C30H27NO2. The Labute approximate surface area is 195 Å². The summed E-state index contributed by atoms with van der Waals surface area (Å²) >= 11 is 0. The molecule has 0 spiro atoms. The van der Waals surface area contributed by atoms with E-state index >= 15 is 0 Å². The maximum absolute atomic E-state index is 6.40. The largest absolute Gasteiger partial charge is 0.496 e. The van der Waals surface area contributed by atoms with Gasteiger partial charge in [-0.15, -0.1) is 6.58 Å². The van der Waals surface area contributed by atoms with E-state index in [2.05, 4.69) is 78.6 Å². The Morgan fingerprint density at radius 1 is 0.909 bits per heavy atom. The Hall–Kier alpha value is -3.98. The number of para-hydroxylation sites is 1. The van der Waals surface area contributed by atoms with Gasteiger partial charge in [-0.2, -0.15) is 0 Å². The van der Waals surface area contributed by atoms with Crippen LogP contribution in [0.3, 0.4) is 0 Å². The summed E-state index contributed by atoms with van der Waals surface area (Å²) in [5, 5.41) is 3.61. The number of benzene rings is 4. The van der Waals surface area contributed by atoms with Gasteiger partial charge in [0.2, 0.25) is 0 Å². The molecule has 33 heavy (non-hydrogen) atoms. The number of hydrogen-bond acceptors (Lipinski definition) is 3. The lowest BCUT2D eigenvalue weighted by atomic mass is 9.88. The maximum atomic E-state index is 6.40. The van der Waals surface area contributed by atoms with E-state index in [0.717, 1.165) is 52.4 Å². The molecule has 1 aliphatic rings. The van der Waals surface area contributed by atoms with Crippen LogP contribution >= 0.6 is 0 Å². The highest BCUT2D eigenvalue weighted by Gasteiger charge is 2.28. The molecule has 4 aromatic carbocycles. The number of nitrogens with one attached hydrogen (secondary N) is 1. The van der Waals surface area contributed by atoms with E-state index in [1.807, 2.05) is 30.3 Å². The molecule has 164 valence electrons. The molecule has 1 atom stereocenters. The molecule has 1 unspecified atom stereocenters. The minimum absolute atomic E-state index is 0.0819. The summed E-state index contributed by atoms with van der Waals surface area (Å²) in [5.41, 5.74) is 8.00. The fourth-order valence-electron chi connectivity index (χ4n) is 4.49. The van der Waals surface area contributed by atoms with Gasteiger partial charge in [0.1, 0.15) is 17.6 Å². The fraction of sp³-hybridized carbons (Fsp3) is 0.133. The van der Waals surface area contributed by atoms with E-state index < -0.39 is 0 Å².